The minimum absolute atomic E-state index is 0.210. The Labute approximate surface area is 114 Å². The molecule has 0 amide bonds. The fourth-order valence-corrected chi connectivity index (χ4v) is 2.10. The highest BCUT2D eigenvalue weighted by molar-refractivity contribution is 5.72. The van der Waals surface area contributed by atoms with Crippen molar-refractivity contribution in [3.63, 3.8) is 0 Å². The lowest BCUT2D eigenvalue weighted by molar-refractivity contribution is -0.217. The van der Waals surface area contributed by atoms with Crippen LogP contribution in [0.3, 0.4) is 0 Å². The van der Waals surface area contributed by atoms with Gasteiger partial charge >= 0.3 is 18.3 Å². The topological polar surface area (TPSA) is 46.5 Å². The van der Waals surface area contributed by atoms with E-state index in [1.807, 2.05) is 0 Å². The van der Waals surface area contributed by atoms with E-state index < -0.39 is 42.3 Å². The largest absolute Gasteiger partial charge is 0.481 e. The lowest BCUT2D eigenvalue weighted by atomic mass is 9.89. The van der Waals surface area contributed by atoms with Crippen molar-refractivity contribution in [2.24, 2.45) is 5.92 Å². The van der Waals surface area contributed by atoms with Crippen LogP contribution in [0.5, 0.6) is 5.75 Å². The van der Waals surface area contributed by atoms with Gasteiger partial charge in [-0.15, -0.1) is 0 Å². The normalized spacial score (nSPS) is 22.4. The van der Waals surface area contributed by atoms with Gasteiger partial charge in [-0.2, -0.15) is 26.3 Å². The number of hydrogen-bond acceptors (Lipinski definition) is 2. The Morgan fingerprint density at radius 2 is 1.81 bits per heavy atom. The Morgan fingerprint density at radius 1 is 1.19 bits per heavy atom. The van der Waals surface area contributed by atoms with Crippen LogP contribution >= 0.6 is 0 Å². The number of fused-ring (bicyclic) bond motifs is 1. The number of carboxylic acids is 1. The van der Waals surface area contributed by atoms with E-state index in [0.29, 0.717) is 12.1 Å². The summed E-state index contributed by atoms with van der Waals surface area (Å²) in [6, 6.07) is 1.97. The number of carboxylic acid groups (broad SMARTS) is 1. The molecule has 9 heteroatoms. The summed E-state index contributed by atoms with van der Waals surface area (Å²) in [5, 5.41) is 8.82. The van der Waals surface area contributed by atoms with Crippen LogP contribution in [0, 0.1) is 5.92 Å². The number of rotatable bonds is 1. The SMILES string of the molecule is O=C(O)C1Cc2cc(C(F)(F)F)ccc2OC1C(F)(F)F. The van der Waals surface area contributed by atoms with Crippen LogP contribution in [0.4, 0.5) is 26.3 Å². The van der Waals surface area contributed by atoms with Crippen molar-refractivity contribution in [3.8, 4) is 5.75 Å². The first-order valence-electron chi connectivity index (χ1n) is 5.66. The second kappa shape index (κ2) is 4.81. The Balaban J connectivity index is 2.43. The molecule has 1 heterocycles. The van der Waals surface area contributed by atoms with Gasteiger partial charge in [0.2, 0.25) is 6.10 Å². The first-order valence-corrected chi connectivity index (χ1v) is 5.66. The van der Waals surface area contributed by atoms with Gasteiger partial charge in [0.25, 0.3) is 0 Å². The van der Waals surface area contributed by atoms with Crippen LogP contribution in [0.1, 0.15) is 11.1 Å². The van der Waals surface area contributed by atoms with E-state index >= 15 is 0 Å². The molecule has 0 fully saturated rings. The van der Waals surface area contributed by atoms with Crippen LogP contribution in [0.2, 0.25) is 0 Å². The molecular formula is C12H8F6O3. The fourth-order valence-electron chi connectivity index (χ4n) is 2.10. The van der Waals surface area contributed by atoms with Gasteiger partial charge in [-0.3, -0.25) is 4.79 Å². The van der Waals surface area contributed by atoms with Crippen molar-refractivity contribution in [2.45, 2.75) is 24.9 Å². The molecule has 3 nitrogen and oxygen atoms in total. The van der Waals surface area contributed by atoms with Crippen molar-refractivity contribution >= 4 is 5.97 Å². The zero-order chi connectivity index (χ0) is 16.0. The summed E-state index contributed by atoms with van der Waals surface area (Å²) >= 11 is 0. The second-order valence-electron chi connectivity index (χ2n) is 4.55. The molecule has 2 unspecified atom stereocenters. The summed E-state index contributed by atoms with van der Waals surface area (Å²) in [5.74, 6) is -4.15. The predicted octanol–water partition coefficient (Wildman–Crippen LogP) is 3.27. The highest BCUT2D eigenvalue weighted by Gasteiger charge is 2.52. The average Bonchev–Trinajstić information content (AvgIpc) is 2.34. The van der Waals surface area contributed by atoms with Crippen molar-refractivity contribution in [1.29, 1.82) is 0 Å². The minimum atomic E-state index is -4.93. The average molecular weight is 314 g/mol. The van der Waals surface area contributed by atoms with Crippen LogP contribution < -0.4 is 4.74 Å². The predicted molar refractivity (Wildman–Crippen MR) is 56.7 cm³/mol. The van der Waals surface area contributed by atoms with E-state index in [1.165, 1.54) is 0 Å². The quantitative estimate of drug-likeness (QED) is 0.809. The summed E-state index contributed by atoms with van der Waals surface area (Å²) in [4.78, 5) is 10.9. The number of hydrogen-bond donors (Lipinski definition) is 1. The van der Waals surface area contributed by atoms with Crippen molar-refractivity contribution < 1.29 is 41.0 Å². The molecule has 116 valence electrons. The number of aliphatic carboxylic acids is 1. The maximum atomic E-state index is 12.7. The standard InChI is InChI=1S/C12H8F6O3/c13-11(14,15)6-1-2-8-5(3-6)4-7(10(19)20)9(21-8)12(16,17)18/h1-3,7,9H,4H2,(H,19,20). The molecule has 1 aliphatic heterocycles. The first kappa shape index (κ1) is 15.5. The Bertz CT molecular complexity index is 563. The molecule has 0 bridgehead atoms. The van der Waals surface area contributed by atoms with Gasteiger partial charge in [-0.05, 0) is 30.2 Å². The lowest BCUT2D eigenvalue weighted by Gasteiger charge is -2.32. The van der Waals surface area contributed by atoms with E-state index in [-0.39, 0.29) is 11.3 Å². The smallest absolute Gasteiger partial charge is 0.426 e. The summed E-state index contributed by atoms with van der Waals surface area (Å²) in [5.41, 5.74) is -1.28. The number of halogens is 6. The van der Waals surface area contributed by atoms with Gasteiger partial charge in [0.1, 0.15) is 11.7 Å². The Hall–Kier alpha value is -1.93. The molecule has 21 heavy (non-hydrogen) atoms. The molecule has 1 N–H and O–H groups in total. The molecule has 1 aromatic carbocycles. The molecule has 0 aromatic heterocycles. The van der Waals surface area contributed by atoms with E-state index in [0.717, 1.165) is 6.07 Å². The molecule has 2 rings (SSSR count). The molecule has 1 aliphatic rings. The molecule has 0 saturated carbocycles. The third kappa shape index (κ3) is 3.06. The maximum Gasteiger partial charge on any atom is 0.426 e. The minimum Gasteiger partial charge on any atom is -0.481 e. The van der Waals surface area contributed by atoms with Gasteiger partial charge in [0, 0.05) is 0 Å². The van der Waals surface area contributed by atoms with Crippen molar-refractivity contribution in [2.75, 3.05) is 0 Å². The summed E-state index contributed by atoms with van der Waals surface area (Å²) in [6.45, 7) is 0. The van der Waals surface area contributed by atoms with Gasteiger partial charge in [-0.25, -0.2) is 0 Å². The number of alkyl halides is 6. The molecule has 0 saturated heterocycles. The molecule has 0 radical (unpaired) electrons. The summed E-state index contributed by atoms with van der Waals surface area (Å²) < 4.78 is 80.4. The van der Waals surface area contributed by atoms with Gasteiger partial charge < -0.3 is 9.84 Å². The fraction of sp³-hybridized carbons (Fsp3) is 0.417. The number of benzene rings is 1. The lowest BCUT2D eigenvalue weighted by Crippen LogP contribution is -2.47. The number of carbonyl (C=O) groups is 1. The molecule has 0 spiro atoms. The molecular weight excluding hydrogens is 306 g/mol. The van der Waals surface area contributed by atoms with Gasteiger partial charge in [0.15, 0.2) is 0 Å². The van der Waals surface area contributed by atoms with E-state index in [2.05, 4.69) is 4.74 Å². The zero-order valence-corrected chi connectivity index (χ0v) is 10.1. The van der Waals surface area contributed by atoms with Gasteiger partial charge in [-0.1, -0.05) is 0 Å². The Morgan fingerprint density at radius 3 is 2.29 bits per heavy atom. The molecule has 0 aliphatic carbocycles. The highest BCUT2D eigenvalue weighted by atomic mass is 19.4. The summed E-state index contributed by atoms with van der Waals surface area (Å²) in [6.07, 6.45) is -12.9. The first-order chi connectivity index (χ1) is 9.50. The third-order valence-electron chi connectivity index (χ3n) is 3.09. The third-order valence-corrected chi connectivity index (χ3v) is 3.09. The second-order valence-corrected chi connectivity index (χ2v) is 4.55. The van der Waals surface area contributed by atoms with Crippen LogP contribution in [0.15, 0.2) is 18.2 Å². The van der Waals surface area contributed by atoms with E-state index in [9.17, 15) is 31.1 Å². The van der Waals surface area contributed by atoms with Crippen LogP contribution in [-0.2, 0) is 17.4 Å². The van der Waals surface area contributed by atoms with Crippen molar-refractivity contribution in [3.05, 3.63) is 29.3 Å². The van der Waals surface area contributed by atoms with Crippen LogP contribution in [0.25, 0.3) is 0 Å². The molecule has 1 aromatic rings. The van der Waals surface area contributed by atoms with Crippen LogP contribution in [-0.4, -0.2) is 23.4 Å². The molecule has 2 atom stereocenters. The Kier molecular flexibility index (Phi) is 3.54. The van der Waals surface area contributed by atoms with E-state index in [1.54, 1.807) is 0 Å². The van der Waals surface area contributed by atoms with Crippen molar-refractivity contribution in [1.82, 2.24) is 0 Å². The zero-order valence-electron chi connectivity index (χ0n) is 10.1. The van der Waals surface area contributed by atoms with E-state index in [4.69, 9.17) is 5.11 Å². The maximum absolute atomic E-state index is 12.7. The highest BCUT2D eigenvalue weighted by Crippen LogP contribution is 2.40. The number of ether oxygens (including phenoxy) is 1. The monoisotopic (exact) mass is 314 g/mol. The summed E-state index contributed by atoms with van der Waals surface area (Å²) in [7, 11) is 0. The van der Waals surface area contributed by atoms with Gasteiger partial charge in [0.05, 0.1) is 5.56 Å².